The van der Waals surface area contributed by atoms with Crippen LogP contribution in [0.1, 0.15) is 31.9 Å². The highest BCUT2D eigenvalue weighted by Gasteiger charge is 2.24. The topological polar surface area (TPSA) is 94.7 Å². The van der Waals surface area contributed by atoms with Crippen LogP contribution in [-0.2, 0) is 11.3 Å². The van der Waals surface area contributed by atoms with E-state index in [9.17, 15) is 4.79 Å². The number of anilines is 2. The molecule has 9 nitrogen and oxygen atoms in total. The number of amides is 1. The minimum atomic E-state index is -0.125. The molecule has 2 aliphatic rings. The molecule has 0 atom stereocenters. The second-order valence-corrected chi connectivity index (χ2v) is 9.61. The molecule has 0 aliphatic carbocycles. The third-order valence-electron chi connectivity index (χ3n) is 6.02. The molecule has 0 spiro atoms. The molecular formula is C24H29N5O4S. The largest absolute Gasteiger partial charge is 0.490 e. The number of fused-ring (bicyclic) bond motifs is 1. The van der Waals surface area contributed by atoms with Crippen LogP contribution in [0.4, 0.5) is 11.6 Å². The number of carbonyl (C=O) groups excluding carboxylic acids is 1. The summed E-state index contributed by atoms with van der Waals surface area (Å²) < 4.78 is 19.0. The number of furan rings is 1. The average molecular weight is 484 g/mol. The molecule has 3 aromatic rings. The lowest BCUT2D eigenvalue weighted by atomic mass is 10.00. The zero-order valence-electron chi connectivity index (χ0n) is 19.2. The van der Waals surface area contributed by atoms with Gasteiger partial charge >= 0.3 is 0 Å². The zero-order chi connectivity index (χ0) is 23.3. The molecule has 2 aliphatic heterocycles. The molecule has 5 rings (SSSR count). The molecule has 4 heterocycles. The quantitative estimate of drug-likeness (QED) is 0.503. The lowest BCUT2D eigenvalue weighted by Gasteiger charge is -2.31. The van der Waals surface area contributed by atoms with E-state index in [1.54, 1.807) is 12.3 Å². The number of carbonyl (C=O) groups is 1. The maximum Gasteiger partial charge on any atom is 0.234 e. The van der Waals surface area contributed by atoms with Crippen LogP contribution in [-0.4, -0.2) is 52.7 Å². The van der Waals surface area contributed by atoms with Gasteiger partial charge in [0.2, 0.25) is 11.9 Å². The summed E-state index contributed by atoms with van der Waals surface area (Å²) in [6.45, 7) is 5.94. The first-order valence-electron chi connectivity index (χ1n) is 11.7. The standard InChI is InChI=1S/C24H29N5O4S/c1-17-7-9-28(10-8-17)23-26-27-24(29(23)15-19-4-2-11-31-19)34-16-22(30)25-18-5-6-20-21(14-18)33-13-3-12-32-20/h2,4-6,11,14,17H,3,7-10,12-13,15-16H2,1H3,(H,25,30). The summed E-state index contributed by atoms with van der Waals surface area (Å²) in [6.07, 6.45) is 4.77. The van der Waals surface area contributed by atoms with Crippen LogP contribution in [0.3, 0.4) is 0 Å². The minimum Gasteiger partial charge on any atom is -0.490 e. The molecule has 10 heteroatoms. The third kappa shape index (κ3) is 5.32. The van der Waals surface area contributed by atoms with Gasteiger partial charge in [-0.05, 0) is 43.0 Å². The van der Waals surface area contributed by atoms with Crippen molar-refractivity contribution in [1.29, 1.82) is 0 Å². The lowest BCUT2D eigenvalue weighted by Crippen LogP contribution is -2.35. The Bertz CT molecular complexity index is 1110. The first kappa shape index (κ1) is 22.6. The smallest absolute Gasteiger partial charge is 0.234 e. The van der Waals surface area contributed by atoms with E-state index in [1.165, 1.54) is 11.8 Å². The summed E-state index contributed by atoms with van der Waals surface area (Å²) >= 11 is 1.37. The fourth-order valence-electron chi connectivity index (χ4n) is 4.10. The van der Waals surface area contributed by atoms with Gasteiger partial charge in [0.05, 0.1) is 31.8 Å². The predicted octanol–water partition coefficient (Wildman–Crippen LogP) is 4.05. The number of ether oxygens (including phenoxy) is 2. The van der Waals surface area contributed by atoms with Crippen molar-refractivity contribution in [1.82, 2.24) is 14.8 Å². The lowest BCUT2D eigenvalue weighted by molar-refractivity contribution is -0.113. The number of benzene rings is 1. The monoisotopic (exact) mass is 483 g/mol. The molecule has 0 unspecified atom stereocenters. The van der Waals surface area contributed by atoms with Gasteiger partial charge in [0, 0.05) is 31.3 Å². The number of rotatable bonds is 7. The maximum atomic E-state index is 12.7. The van der Waals surface area contributed by atoms with Crippen LogP contribution in [0, 0.1) is 5.92 Å². The molecule has 1 amide bonds. The molecule has 1 aromatic carbocycles. The van der Waals surface area contributed by atoms with Crippen molar-refractivity contribution in [2.24, 2.45) is 5.92 Å². The van der Waals surface area contributed by atoms with Crippen molar-refractivity contribution in [3.05, 3.63) is 42.4 Å². The van der Waals surface area contributed by atoms with Crippen LogP contribution in [0.5, 0.6) is 11.5 Å². The Hall–Kier alpha value is -3.14. The van der Waals surface area contributed by atoms with E-state index in [0.717, 1.165) is 50.0 Å². The van der Waals surface area contributed by atoms with Gasteiger partial charge < -0.3 is 24.1 Å². The molecule has 1 N–H and O–H groups in total. The number of nitrogens with zero attached hydrogens (tertiary/aromatic N) is 4. The van der Waals surface area contributed by atoms with E-state index in [1.807, 2.05) is 28.8 Å². The van der Waals surface area contributed by atoms with E-state index >= 15 is 0 Å². The predicted molar refractivity (Wildman–Crippen MR) is 130 cm³/mol. The number of piperidine rings is 1. The molecule has 1 saturated heterocycles. The second kappa shape index (κ2) is 10.4. The van der Waals surface area contributed by atoms with Crippen LogP contribution < -0.4 is 19.7 Å². The van der Waals surface area contributed by atoms with E-state index in [0.29, 0.717) is 42.1 Å². The Labute approximate surface area is 202 Å². The fourth-order valence-corrected chi connectivity index (χ4v) is 4.83. The SMILES string of the molecule is CC1CCN(c2nnc(SCC(=O)Nc3ccc4c(c3)OCCCO4)n2Cc2ccco2)CC1. The first-order chi connectivity index (χ1) is 16.7. The summed E-state index contributed by atoms with van der Waals surface area (Å²) in [5.41, 5.74) is 0.676. The minimum absolute atomic E-state index is 0.125. The number of thioether (sulfide) groups is 1. The highest BCUT2D eigenvalue weighted by molar-refractivity contribution is 7.99. The highest BCUT2D eigenvalue weighted by atomic mass is 32.2. The van der Waals surface area contributed by atoms with Crippen LogP contribution in [0.15, 0.2) is 46.2 Å². The Morgan fingerprint density at radius 1 is 1.15 bits per heavy atom. The molecular weight excluding hydrogens is 454 g/mol. The highest BCUT2D eigenvalue weighted by Crippen LogP contribution is 2.32. The number of aromatic nitrogens is 3. The van der Waals surface area contributed by atoms with Crippen molar-refractivity contribution in [3.63, 3.8) is 0 Å². The van der Waals surface area contributed by atoms with Crippen molar-refractivity contribution in [2.75, 3.05) is 42.3 Å². The van der Waals surface area contributed by atoms with Gasteiger partial charge in [0.25, 0.3) is 0 Å². The van der Waals surface area contributed by atoms with Gasteiger partial charge in [-0.25, -0.2) is 0 Å². The van der Waals surface area contributed by atoms with Gasteiger partial charge in [-0.15, -0.1) is 10.2 Å². The van der Waals surface area contributed by atoms with E-state index in [2.05, 4.69) is 27.3 Å². The van der Waals surface area contributed by atoms with Crippen LogP contribution >= 0.6 is 11.8 Å². The van der Waals surface area contributed by atoms with Crippen molar-refractivity contribution in [3.8, 4) is 11.5 Å². The van der Waals surface area contributed by atoms with E-state index in [4.69, 9.17) is 13.9 Å². The molecule has 1 fully saturated rings. The Kier molecular flexibility index (Phi) is 6.94. The van der Waals surface area contributed by atoms with Crippen molar-refractivity contribution in [2.45, 2.75) is 37.9 Å². The van der Waals surface area contributed by atoms with Crippen LogP contribution in [0.25, 0.3) is 0 Å². The Balaban J connectivity index is 1.26. The normalized spacial score (nSPS) is 16.3. The number of nitrogens with one attached hydrogen (secondary N) is 1. The Morgan fingerprint density at radius 3 is 2.76 bits per heavy atom. The summed E-state index contributed by atoms with van der Waals surface area (Å²) in [4.78, 5) is 15.0. The molecule has 2 aromatic heterocycles. The van der Waals surface area contributed by atoms with Gasteiger partial charge in [0.15, 0.2) is 16.7 Å². The average Bonchev–Trinajstić information content (AvgIpc) is 3.43. The van der Waals surface area contributed by atoms with Crippen LogP contribution in [0.2, 0.25) is 0 Å². The summed E-state index contributed by atoms with van der Waals surface area (Å²) in [5.74, 6) is 3.82. The molecule has 180 valence electrons. The molecule has 0 radical (unpaired) electrons. The van der Waals surface area contributed by atoms with E-state index < -0.39 is 0 Å². The number of hydrogen-bond acceptors (Lipinski definition) is 8. The third-order valence-corrected chi connectivity index (χ3v) is 6.99. The van der Waals surface area contributed by atoms with Gasteiger partial charge in [-0.1, -0.05) is 18.7 Å². The molecule has 0 saturated carbocycles. The summed E-state index contributed by atoms with van der Waals surface area (Å²) in [7, 11) is 0. The van der Waals surface area contributed by atoms with Crippen molar-refractivity contribution < 1.29 is 18.7 Å². The van der Waals surface area contributed by atoms with Gasteiger partial charge in [-0.3, -0.25) is 9.36 Å². The first-order valence-corrected chi connectivity index (χ1v) is 12.7. The summed E-state index contributed by atoms with van der Waals surface area (Å²) in [6, 6.07) is 9.27. The van der Waals surface area contributed by atoms with Gasteiger partial charge in [0.1, 0.15) is 5.76 Å². The van der Waals surface area contributed by atoms with Gasteiger partial charge in [-0.2, -0.15) is 0 Å². The number of hydrogen-bond donors (Lipinski definition) is 1. The Morgan fingerprint density at radius 2 is 1.97 bits per heavy atom. The fraction of sp³-hybridized carbons (Fsp3) is 0.458. The van der Waals surface area contributed by atoms with E-state index in [-0.39, 0.29) is 11.7 Å². The zero-order valence-corrected chi connectivity index (χ0v) is 20.1. The summed E-state index contributed by atoms with van der Waals surface area (Å²) in [5, 5.41) is 12.5. The molecule has 0 bridgehead atoms. The maximum absolute atomic E-state index is 12.7. The second-order valence-electron chi connectivity index (χ2n) is 8.67. The molecule has 34 heavy (non-hydrogen) atoms. The van der Waals surface area contributed by atoms with Crippen molar-refractivity contribution >= 4 is 29.3 Å².